The van der Waals surface area contributed by atoms with Crippen molar-refractivity contribution < 1.29 is 95.2 Å². The van der Waals surface area contributed by atoms with Crippen molar-refractivity contribution >= 4 is 138 Å². The smallest absolute Gasteiger partial charge is 0.457 e. The second kappa shape index (κ2) is 61.6. The van der Waals surface area contributed by atoms with Crippen molar-refractivity contribution in [3.05, 3.63) is 312 Å². The third kappa shape index (κ3) is 44.5. The minimum absolute atomic E-state index is 0.0755. The number of ether oxygens (including phenoxy) is 12. The van der Waals surface area contributed by atoms with E-state index in [0.717, 1.165) is 47.7 Å². The van der Waals surface area contributed by atoms with Gasteiger partial charge in [0, 0.05) is 0 Å². The number of benzene rings is 10. The summed E-state index contributed by atoms with van der Waals surface area (Å²) in [6.45, 7) is 10.9. The van der Waals surface area contributed by atoms with Crippen molar-refractivity contribution in [1.82, 2.24) is 0 Å². The molecule has 10 rings (SSSR count). The summed E-state index contributed by atoms with van der Waals surface area (Å²) in [5.74, 6) is 2.57. The first kappa shape index (κ1) is 98.3. The maximum Gasteiger partial charge on any atom is 0.519 e. The zero-order valence-electron chi connectivity index (χ0n) is 64.0. The zero-order valence-corrected chi connectivity index (χ0v) is 72.2. The van der Waals surface area contributed by atoms with Crippen molar-refractivity contribution in [2.75, 3.05) is 51.1 Å². The van der Waals surface area contributed by atoms with E-state index in [1.54, 1.807) is 189 Å². The van der Waals surface area contributed by atoms with Gasteiger partial charge in [0.2, 0.25) is 0 Å². The molecule has 0 radical (unpaired) electrons. The molecule has 0 bridgehead atoms. The predicted octanol–water partition coefficient (Wildman–Crippen LogP) is 22.2. The van der Waals surface area contributed by atoms with Gasteiger partial charge in [-0.05, 0) is 166 Å². The third-order valence-corrected chi connectivity index (χ3v) is 18.1. The van der Waals surface area contributed by atoms with Crippen LogP contribution in [0.4, 0.5) is 19.2 Å². The monoisotopic (exact) mass is 1710 g/mol. The third-order valence-electron chi connectivity index (χ3n) is 13.1. The van der Waals surface area contributed by atoms with Crippen molar-refractivity contribution in [3.63, 3.8) is 0 Å². The van der Waals surface area contributed by atoms with Crippen LogP contribution in [0.5, 0.6) is 46.0 Å². The molecule has 0 amide bonds. The van der Waals surface area contributed by atoms with Gasteiger partial charge in [-0.1, -0.05) is 238 Å². The van der Waals surface area contributed by atoms with Crippen LogP contribution in [0.2, 0.25) is 0 Å². The molecule has 0 N–H and O–H groups in total. The molecule has 0 spiro atoms. The van der Waals surface area contributed by atoms with E-state index in [1.807, 2.05) is 74.3 Å². The molecule has 10 aromatic carbocycles. The SMILES string of the molecule is CCCCOC(=O)c1ccccc1OC(=O)Oc1ccccc1.CCCS(C)=P.CCOC(=O)c1ccccc1OC(=O)Oc1ccccc1.CPB=S.CPP=S.CS(C)=P.O=C(Oc1ccccc1)Oc1ccccc1C(=O)OCc1ccccc1.O=C(Oc1ccccc1)Oc1ccccc1C(=O)OCc1ccccc1. The van der Waals surface area contributed by atoms with Crippen molar-refractivity contribution in [2.24, 2.45) is 0 Å². The van der Waals surface area contributed by atoms with Crippen molar-refractivity contribution in [1.29, 1.82) is 0 Å². The molecule has 598 valence electrons. The summed E-state index contributed by atoms with van der Waals surface area (Å²) in [4.78, 5) is 95.8. The molecule has 0 aliphatic carbocycles. The van der Waals surface area contributed by atoms with E-state index in [2.05, 4.69) is 72.2 Å². The van der Waals surface area contributed by atoms with Crippen LogP contribution in [-0.4, -0.2) is 105 Å². The molecule has 0 saturated carbocycles. The van der Waals surface area contributed by atoms with Gasteiger partial charge in [-0.3, -0.25) is 0 Å². The number of rotatable bonds is 24. The van der Waals surface area contributed by atoms with Gasteiger partial charge in [-0.2, -0.15) is 20.1 Å². The molecular weight excluding hydrogens is 1620 g/mol. The number of carbonyl (C=O) groups excluding carboxylic acids is 8. The van der Waals surface area contributed by atoms with Crippen LogP contribution in [0.25, 0.3) is 0 Å². The van der Waals surface area contributed by atoms with E-state index >= 15 is 0 Å². The standard InChI is InChI=1S/2C21H16O5.C18H18O5.C16H14O5.C4H11PS.C2H7PS.CH4BPS.CH4P2S/c2*22-20(24-15-16-9-3-1-4-10-16)18-13-7-8-14-19(18)26-21(23)25-17-11-5-2-6-12-17;1-2-3-13-21-17(19)15-11-7-8-12-16(15)23-18(20)22-14-9-5-4-6-10-14;1-2-19-15(17)13-10-6-7-11-14(13)21-16(18)20-12-8-4-3-5-9-12;1-3-4-6(2)5;1-4(2)3;1-3-2-4;1-2-3-4/h2*1-14H,15H2;4-12H,2-3,13H2,1H3;3-11H,2H2,1H3;5H,3-4H2,1-2H3;3H,1-2H3;3H,1H3;2H,1H3. The van der Waals surface area contributed by atoms with Gasteiger partial charge in [-0.25, -0.2) is 38.4 Å². The van der Waals surface area contributed by atoms with E-state index in [0.29, 0.717) is 49.8 Å². The minimum atomic E-state index is -0.931. The summed E-state index contributed by atoms with van der Waals surface area (Å²) in [6.07, 6.45) is 5.72. The Morgan fingerprint density at radius 1 is 0.368 bits per heavy atom. The van der Waals surface area contributed by atoms with Gasteiger partial charge >= 0.3 is 81.6 Å². The van der Waals surface area contributed by atoms with E-state index < -0.39 is 48.5 Å². The first-order chi connectivity index (χ1) is 55.2. The summed E-state index contributed by atoms with van der Waals surface area (Å²) < 4.78 is 61.3. The Balaban J connectivity index is 0.000000367. The topological polar surface area (TPSA) is 247 Å². The molecule has 0 aliphatic heterocycles. The first-order valence-corrected chi connectivity index (χ1v) is 47.4. The molecule has 0 aliphatic rings. The Hall–Kier alpha value is -9.88. The number of esters is 4. The molecule has 3 unspecified atom stereocenters. The molecule has 114 heavy (non-hydrogen) atoms. The molecule has 0 heterocycles. The van der Waals surface area contributed by atoms with Crippen LogP contribution in [0.3, 0.4) is 0 Å². The Kier molecular flexibility index (Phi) is 53.1. The molecule has 0 aromatic heterocycles. The fourth-order valence-corrected chi connectivity index (χ4v) is 9.41. The van der Waals surface area contributed by atoms with E-state index in [1.165, 1.54) is 54.6 Å². The Morgan fingerprint density at radius 3 is 0.825 bits per heavy atom. The average Bonchev–Trinajstić information content (AvgIpc) is 0.863. The summed E-state index contributed by atoms with van der Waals surface area (Å²) in [5.41, 5.74) is 2.38. The molecule has 0 fully saturated rings. The summed E-state index contributed by atoms with van der Waals surface area (Å²) in [7, 11) is 10.6. The van der Waals surface area contributed by atoms with E-state index in [4.69, 9.17) is 56.8 Å². The number of unbranched alkanes of at least 4 members (excludes halogenated alkanes) is 1. The second-order valence-corrected chi connectivity index (χ2v) is 35.8. The van der Waals surface area contributed by atoms with Crippen LogP contribution >= 0.6 is 51.9 Å². The van der Waals surface area contributed by atoms with Crippen molar-refractivity contribution in [2.45, 2.75) is 53.2 Å². The first-order valence-electron chi connectivity index (χ1n) is 34.8. The minimum Gasteiger partial charge on any atom is -0.457 e. The Morgan fingerprint density at radius 2 is 0.605 bits per heavy atom. The molecule has 20 nitrogen and oxygen atoms in total. The maximum atomic E-state index is 12.3. The van der Waals surface area contributed by atoms with Crippen LogP contribution in [0, 0.1) is 0 Å². The fraction of sp³-hybridized carbons (Fsp3) is 0.190. The van der Waals surface area contributed by atoms with Gasteiger partial charge in [-0.15, -0.1) is 0 Å². The molecule has 10 aromatic rings. The van der Waals surface area contributed by atoms with Gasteiger partial charge in [0.15, 0.2) is 0 Å². The molecular formula is C84H90BO20P5S4. The summed E-state index contributed by atoms with van der Waals surface area (Å²) in [5, 5.41) is 0. The van der Waals surface area contributed by atoms with Gasteiger partial charge in [0.1, 0.15) is 81.5 Å². The molecule has 0 saturated heterocycles. The predicted molar refractivity (Wildman–Crippen MR) is 471 cm³/mol. The maximum absolute atomic E-state index is 12.3. The van der Waals surface area contributed by atoms with Gasteiger partial charge in [0.25, 0.3) is 0 Å². The summed E-state index contributed by atoms with van der Waals surface area (Å²) >= 11 is 8.98. The summed E-state index contributed by atoms with van der Waals surface area (Å²) in [6, 6.07) is 78.1. The average molecular weight is 1710 g/mol. The number of hydrogen-bond acceptors (Lipinski definition) is 22. The van der Waals surface area contributed by atoms with Crippen LogP contribution in [0.1, 0.15) is 92.6 Å². The number of carbonyl (C=O) groups is 8. The normalized spacial score (nSPS) is 10.1. The zero-order chi connectivity index (χ0) is 83.4. The molecule has 30 heteroatoms. The van der Waals surface area contributed by atoms with Gasteiger partial charge in [0.05, 0.1) is 13.2 Å². The fourth-order valence-electron chi connectivity index (χ4n) is 8.18. The van der Waals surface area contributed by atoms with Crippen LogP contribution < -0.4 is 37.9 Å². The number of hydrogen-bond donors (Lipinski definition) is 0. The number of para-hydroxylation sites is 8. The van der Waals surface area contributed by atoms with E-state index in [-0.39, 0.29) is 65.1 Å². The van der Waals surface area contributed by atoms with Crippen LogP contribution in [0.15, 0.2) is 279 Å². The Bertz CT molecular complexity index is 4390. The van der Waals surface area contributed by atoms with Crippen molar-refractivity contribution in [3.8, 4) is 46.0 Å². The van der Waals surface area contributed by atoms with E-state index in [9.17, 15) is 38.4 Å². The van der Waals surface area contributed by atoms with Crippen LogP contribution in [-0.2, 0) is 64.1 Å². The molecule has 3 atom stereocenters. The quantitative estimate of drug-likeness (QED) is 0.0136. The second-order valence-electron chi connectivity index (χ2n) is 22.3. The Labute approximate surface area is 691 Å². The van der Waals surface area contributed by atoms with Gasteiger partial charge < -0.3 is 56.8 Å². The largest absolute Gasteiger partial charge is 0.519 e.